The van der Waals surface area contributed by atoms with E-state index in [4.69, 9.17) is 4.74 Å². The molecule has 1 amide bonds. The fourth-order valence-corrected chi connectivity index (χ4v) is 2.49. The van der Waals surface area contributed by atoms with Gasteiger partial charge in [-0.3, -0.25) is 4.79 Å². The van der Waals surface area contributed by atoms with E-state index in [1.165, 1.54) is 19.4 Å². The molecule has 1 heterocycles. The van der Waals surface area contributed by atoms with Gasteiger partial charge in [0.2, 0.25) is 5.91 Å². The van der Waals surface area contributed by atoms with Crippen molar-refractivity contribution in [1.82, 2.24) is 15.0 Å². The average Bonchev–Trinajstić information content (AvgIpc) is 2.92. The second kappa shape index (κ2) is 7.04. The summed E-state index contributed by atoms with van der Waals surface area (Å²) in [6.07, 6.45) is 1.61. The van der Waals surface area contributed by atoms with E-state index >= 15 is 0 Å². The zero-order valence-corrected chi connectivity index (χ0v) is 13.9. The molecular weight excluding hydrogens is 320 g/mol. The number of amides is 1. The van der Waals surface area contributed by atoms with Crippen molar-refractivity contribution in [2.75, 3.05) is 7.11 Å². The van der Waals surface area contributed by atoms with E-state index in [9.17, 15) is 9.90 Å². The number of rotatable bonds is 5. The number of aromatic hydroxyl groups is 1. The Balaban J connectivity index is 1.65. The minimum absolute atomic E-state index is 0.0468. The zero-order chi connectivity index (χ0) is 17.8. The van der Waals surface area contributed by atoms with Crippen molar-refractivity contribution in [2.24, 2.45) is 12.1 Å². The molecule has 0 unspecified atom stereocenters. The molecule has 0 atom stereocenters. The number of hydrogen-bond acceptors (Lipinski definition) is 5. The van der Waals surface area contributed by atoms with Gasteiger partial charge in [-0.05, 0) is 35.9 Å². The summed E-state index contributed by atoms with van der Waals surface area (Å²) < 4.78 is 6.92. The number of carbonyl (C=O) groups is 1. The number of nitrogens with zero attached hydrogens (tertiary/aromatic N) is 3. The molecule has 0 saturated carbocycles. The summed E-state index contributed by atoms with van der Waals surface area (Å²) in [7, 11) is 3.35. The van der Waals surface area contributed by atoms with Gasteiger partial charge in [0.1, 0.15) is 5.82 Å². The lowest BCUT2D eigenvalue weighted by atomic mass is 10.2. The molecule has 1 aromatic heterocycles. The van der Waals surface area contributed by atoms with E-state index < -0.39 is 0 Å². The number of hydrogen-bond donors (Lipinski definition) is 2. The number of hydrazone groups is 1. The highest BCUT2D eigenvalue weighted by molar-refractivity contribution is 5.84. The molecule has 128 valence electrons. The summed E-state index contributed by atoms with van der Waals surface area (Å²) in [5.41, 5.74) is 5.00. The van der Waals surface area contributed by atoms with Crippen molar-refractivity contribution in [3.05, 3.63) is 53.9 Å². The number of methoxy groups -OCH3 is 1. The Morgan fingerprint density at radius 1 is 1.36 bits per heavy atom. The van der Waals surface area contributed by atoms with Crippen LogP contribution in [0.25, 0.3) is 11.0 Å². The first-order chi connectivity index (χ1) is 12.1. The van der Waals surface area contributed by atoms with E-state index in [1.54, 1.807) is 12.1 Å². The van der Waals surface area contributed by atoms with Crippen LogP contribution in [0, 0.1) is 0 Å². The zero-order valence-electron chi connectivity index (χ0n) is 13.9. The first-order valence-electron chi connectivity index (χ1n) is 7.67. The van der Waals surface area contributed by atoms with Crippen molar-refractivity contribution in [3.63, 3.8) is 0 Å². The Morgan fingerprint density at radius 2 is 2.16 bits per heavy atom. The minimum Gasteiger partial charge on any atom is -0.504 e. The Hall–Kier alpha value is -3.35. The van der Waals surface area contributed by atoms with Crippen LogP contribution < -0.4 is 10.2 Å². The van der Waals surface area contributed by atoms with Gasteiger partial charge >= 0.3 is 0 Å². The molecule has 7 heteroatoms. The molecule has 0 aliphatic heterocycles. The fourth-order valence-electron chi connectivity index (χ4n) is 2.49. The lowest BCUT2D eigenvalue weighted by Gasteiger charge is -2.04. The number of phenolic OH excluding ortho intramolecular Hbond substituents is 1. The van der Waals surface area contributed by atoms with Gasteiger partial charge in [0.25, 0.3) is 0 Å². The molecule has 0 bridgehead atoms. The molecule has 3 aromatic rings. The molecule has 7 nitrogen and oxygen atoms in total. The van der Waals surface area contributed by atoms with Gasteiger partial charge in [-0.25, -0.2) is 10.4 Å². The van der Waals surface area contributed by atoms with Gasteiger partial charge < -0.3 is 14.4 Å². The molecular formula is C18H18N4O3. The Kier molecular flexibility index (Phi) is 4.65. The normalized spacial score (nSPS) is 11.1. The quantitative estimate of drug-likeness (QED) is 0.550. The summed E-state index contributed by atoms with van der Waals surface area (Å²) in [6, 6.07) is 12.5. The molecule has 0 radical (unpaired) electrons. The van der Waals surface area contributed by atoms with Crippen molar-refractivity contribution in [2.45, 2.75) is 6.42 Å². The van der Waals surface area contributed by atoms with E-state index in [0.29, 0.717) is 17.1 Å². The number of phenols is 1. The summed E-state index contributed by atoms with van der Waals surface area (Å²) >= 11 is 0. The first-order valence-corrected chi connectivity index (χ1v) is 7.67. The number of carbonyl (C=O) groups excluding carboxylic acids is 1. The molecule has 25 heavy (non-hydrogen) atoms. The SMILES string of the molecule is COc1cc(/C=N/NC(=O)Cc2nc3ccccc3n2C)ccc1O. The first kappa shape index (κ1) is 16.5. The Bertz CT molecular complexity index is 947. The van der Waals surface area contributed by atoms with E-state index in [2.05, 4.69) is 15.5 Å². The van der Waals surface area contributed by atoms with Crippen molar-refractivity contribution >= 4 is 23.2 Å². The van der Waals surface area contributed by atoms with Crippen LogP contribution in [0.5, 0.6) is 11.5 Å². The van der Waals surface area contributed by atoms with Crippen LogP contribution in [0.3, 0.4) is 0 Å². The van der Waals surface area contributed by atoms with Crippen LogP contribution in [0.2, 0.25) is 0 Å². The van der Waals surface area contributed by atoms with Crippen molar-refractivity contribution in [1.29, 1.82) is 0 Å². The highest BCUT2D eigenvalue weighted by Crippen LogP contribution is 2.25. The Labute approximate surface area is 144 Å². The number of aromatic nitrogens is 2. The van der Waals surface area contributed by atoms with Crippen LogP contribution in [0.1, 0.15) is 11.4 Å². The third-order valence-electron chi connectivity index (χ3n) is 3.81. The van der Waals surface area contributed by atoms with Gasteiger partial charge in [0.15, 0.2) is 11.5 Å². The lowest BCUT2D eigenvalue weighted by molar-refractivity contribution is -0.120. The maximum Gasteiger partial charge on any atom is 0.247 e. The lowest BCUT2D eigenvalue weighted by Crippen LogP contribution is -2.21. The Morgan fingerprint density at radius 3 is 2.92 bits per heavy atom. The van der Waals surface area contributed by atoms with Crippen LogP contribution in [-0.2, 0) is 18.3 Å². The van der Waals surface area contributed by atoms with Gasteiger partial charge in [0.05, 0.1) is 30.8 Å². The van der Waals surface area contributed by atoms with Crippen LogP contribution >= 0.6 is 0 Å². The monoisotopic (exact) mass is 338 g/mol. The summed E-state index contributed by atoms with van der Waals surface area (Å²) in [6.45, 7) is 0. The summed E-state index contributed by atoms with van der Waals surface area (Å²) in [4.78, 5) is 16.5. The molecule has 3 rings (SSSR count). The average molecular weight is 338 g/mol. The molecule has 2 aromatic carbocycles. The number of benzene rings is 2. The number of ether oxygens (including phenoxy) is 1. The molecule has 0 aliphatic rings. The third-order valence-corrected chi connectivity index (χ3v) is 3.81. The smallest absolute Gasteiger partial charge is 0.247 e. The van der Waals surface area contributed by atoms with Crippen molar-refractivity contribution < 1.29 is 14.6 Å². The van der Waals surface area contributed by atoms with Gasteiger partial charge in [0, 0.05) is 7.05 Å². The molecule has 2 N–H and O–H groups in total. The van der Waals surface area contributed by atoms with E-state index in [1.807, 2.05) is 35.9 Å². The van der Waals surface area contributed by atoms with Crippen LogP contribution in [0.4, 0.5) is 0 Å². The minimum atomic E-state index is -0.264. The number of imidazole rings is 1. The number of aryl methyl sites for hydroxylation is 1. The van der Waals surface area contributed by atoms with Crippen LogP contribution in [0.15, 0.2) is 47.6 Å². The largest absolute Gasteiger partial charge is 0.504 e. The second-order valence-corrected chi connectivity index (χ2v) is 5.48. The maximum absolute atomic E-state index is 12.1. The van der Waals surface area contributed by atoms with Gasteiger partial charge in [-0.15, -0.1) is 0 Å². The summed E-state index contributed by atoms with van der Waals surface area (Å²) in [5, 5.41) is 13.5. The predicted molar refractivity (Wildman–Crippen MR) is 94.8 cm³/mol. The van der Waals surface area contributed by atoms with Crippen LogP contribution in [-0.4, -0.2) is 33.9 Å². The topological polar surface area (TPSA) is 88.7 Å². The number of fused-ring (bicyclic) bond motifs is 1. The van der Waals surface area contributed by atoms with Gasteiger partial charge in [-0.1, -0.05) is 12.1 Å². The number of para-hydroxylation sites is 2. The second-order valence-electron chi connectivity index (χ2n) is 5.48. The third kappa shape index (κ3) is 3.60. The molecule has 0 aliphatic carbocycles. The fraction of sp³-hybridized carbons (Fsp3) is 0.167. The van der Waals surface area contributed by atoms with Gasteiger partial charge in [-0.2, -0.15) is 5.10 Å². The molecule has 0 fully saturated rings. The number of nitrogens with one attached hydrogen (secondary N) is 1. The summed E-state index contributed by atoms with van der Waals surface area (Å²) in [5.74, 6) is 0.793. The molecule has 0 saturated heterocycles. The highest BCUT2D eigenvalue weighted by Gasteiger charge is 2.11. The maximum atomic E-state index is 12.1. The van der Waals surface area contributed by atoms with E-state index in [-0.39, 0.29) is 18.1 Å². The highest BCUT2D eigenvalue weighted by atomic mass is 16.5. The van der Waals surface area contributed by atoms with E-state index in [0.717, 1.165) is 11.0 Å². The standard InChI is InChI=1S/C18H18N4O3/c1-22-14-6-4-3-5-13(14)20-17(22)10-18(24)21-19-11-12-7-8-15(23)16(9-12)25-2/h3-9,11,23H,10H2,1-2H3,(H,21,24)/b19-11+. The van der Waals surface area contributed by atoms with Crippen molar-refractivity contribution in [3.8, 4) is 11.5 Å². The molecule has 0 spiro atoms. The predicted octanol–water partition coefficient (Wildman–Crippen LogP) is 1.98.